The molecule has 0 fully saturated rings. The largest absolute Gasteiger partial charge is 0.546 e. The average Bonchev–Trinajstić information content (AvgIpc) is 2.03. The molecule has 0 aliphatic rings. The SMILES string of the molecule is NCCCCC(N)C(=O)O[SiH](O)O. The van der Waals surface area contributed by atoms with Crippen LogP contribution in [0, 0.1) is 0 Å². The Hall–Kier alpha value is -0.473. The quantitative estimate of drug-likeness (QED) is 0.287. The van der Waals surface area contributed by atoms with Gasteiger partial charge < -0.3 is 25.5 Å². The summed E-state index contributed by atoms with van der Waals surface area (Å²) in [6.07, 6.45) is 1.98. The Morgan fingerprint density at radius 2 is 2.08 bits per heavy atom. The predicted molar refractivity (Wildman–Crippen MR) is 48.6 cm³/mol. The smallest absolute Gasteiger partial charge is 0.475 e. The van der Waals surface area contributed by atoms with Gasteiger partial charge in [0.15, 0.2) is 0 Å². The second-order valence-corrected chi connectivity index (χ2v) is 3.54. The maximum atomic E-state index is 10.9. The zero-order valence-electron chi connectivity index (χ0n) is 7.35. The van der Waals surface area contributed by atoms with Crippen LogP contribution in [0.2, 0.25) is 0 Å². The highest BCUT2D eigenvalue weighted by molar-refractivity contribution is 6.35. The van der Waals surface area contributed by atoms with Gasteiger partial charge in [-0.2, -0.15) is 0 Å². The monoisotopic (exact) mass is 208 g/mol. The van der Waals surface area contributed by atoms with Crippen LogP contribution in [-0.4, -0.2) is 37.7 Å². The second kappa shape index (κ2) is 6.98. The van der Waals surface area contributed by atoms with Crippen LogP contribution in [0.15, 0.2) is 0 Å². The Balaban J connectivity index is 3.57. The lowest BCUT2D eigenvalue weighted by Crippen LogP contribution is -2.36. The summed E-state index contributed by atoms with van der Waals surface area (Å²) in [5.41, 5.74) is 10.6. The van der Waals surface area contributed by atoms with Gasteiger partial charge in [0.2, 0.25) is 0 Å². The maximum Gasteiger partial charge on any atom is 0.546 e. The summed E-state index contributed by atoms with van der Waals surface area (Å²) >= 11 is 0. The summed E-state index contributed by atoms with van der Waals surface area (Å²) in [5, 5.41) is 0. The lowest BCUT2D eigenvalue weighted by Gasteiger charge is -2.11. The minimum atomic E-state index is -3.28. The zero-order valence-corrected chi connectivity index (χ0v) is 8.50. The minimum Gasteiger partial charge on any atom is -0.475 e. The maximum absolute atomic E-state index is 10.9. The van der Waals surface area contributed by atoms with Crippen LogP contribution in [0.1, 0.15) is 19.3 Å². The first kappa shape index (κ1) is 12.5. The number of rotatable bonds is 6. The molecule has 0 rings (SSSR count). The molecule has 0 spiro atoms. The molecule has 0 aromatic heterocycles. The summed E-state index contributed by atoms with van der Waals surface area (Å²) in [4.78, 5) is 27.7. The van der Waals surface area contributed by atoms with Gasteiger partial charge in [-0.25, -0.2) is 0 Å². The Bertz CT molecular complexity index is 156. The van der Waals surface area contributed by atoms with E-state index in [2.05, 4.69) is 4.43 Å². The molecule has 7 heteroatoms. The number of hydrogen-bond acceptors (Lipinski definition) is 6. The van der Waals surface area contributed by atoms with Crippen molar-refractivity contribution in [2.24, 2.45) is 11.5 Å². The molecule has 0 saturated heterocycles. The second-order valence-electron chi connectivity index (χ2n) is 2.65. The van der Waals surface area contributed by atoms with Gasteiger partial charge in [0, 0.05) is 0 Å². The van der Waals surface area contributed by atoms with Crippen molar-refractivity contribution in [2.45, 2.75) is 25.3 Å². The lowest BCUT2D eigenvalue weighted by atomic mass is 10.1. The van der Waals surface area contributed by atoms with E-state index in [4.69, 9.17) is 21.1 Å². The molecule has 0 bridgehead atoms. The van der Waals surface area contributed by atoms with Crippen LogP contribution in [0.5, 0.6) is 0 Å². The standard InChI is InChI=1S/C6H16N2O4Si/c7-4-2-1-3-5(8)6(9)12-13(10)11/h5,10-11,13H,1-4,7-8H2. The number of carbonyl (C=O) groups is 1. The van der Waals surface area contributed by atoms with Crippen LogP contribution in [0.4, 0.5) is 0 Å². The van der Waals surface area contributed by atoms with Gasteiger partial charge in [-0.3, -0.25) is 4.79 Å². The fraction of sp³-hybridized carbons (Fsp3) is 0.833. The Kier molecular flexibility index (Phi) is 6.73. The fourth-order valence-electron chi connectivity index (χ4n) is 0.818. The van der Waals surface area contributed by atoms with E-state index >= 15 is 0 Å². The van der Waals surface area contributed by atoms with Crippen LogP contribution in [0.3, 0.4) is 0 Å². The number of nitrogens with two attached hydrogens (primary N) is 2. The third-order valence-electron chi connectivity index (χ3n) is 1.49. The molecule has 13 heavy (non-hydrogen) atoms. The van der Waals surface area contributed by atoms with E-state index in [9.17, 15) is 4.79 Å². The molecule has 0 amide bonds. The van der Waals surface area contributed by atoms with Crippen molar-refractivity contribution in [1.82, 2.24) is 0 Å². The van der Waals surface area contributed by atoms with E-state index in [0.717, 1.165) is 12.8 Å². The zero-order chi connectivity index (χ0) is 10.3. The van der Waals surface area contributed by atoms with E-state index < -0.39 is 21.5 Å². The number of hydrogen-bond donors (Lipinski definition) is 4. The molecular formula is C6H16N2O4Si. The predicted octanol–water partition coefficient (Wildman–Crippen LogP) is -2.31. The summed E-state index contributed by atoms with van der Waals surface area (Å²) in [7, 11) is -3.28. The molecule has 0 saturated carbocycles. The molecule has 0 aliphatic heterocycles. The normalized spacial score (nSPS) is 13.0. The summed E-state index contributed by atoms with van der Waals surface area (Å²) < 4.78 is 4.20. The first-order valence-electron chi connectivity index (χ1n) is 4.10. The van der Waals surface area contributed by atoms with E-state index in [0.29, 0.717) is 13.0 Å². The van der Waals surface area contributed by atoms with Gasteiger partial charge in [-0.05, 0) is 19.4 Å². The molecule has 78 valence electrons. The lowest BCUT2D eigenvalue weighted by molar-refractivity contribution is -0.138. The van der Waals surface area contributed by atoms with Gasteiger partial charge in [0.25, 0.3) is 0 Å². The topological polar surface area (TPSA) is 119 Å². The summed E-state index contributed by atoms with van der Waals surface area (Å²) in [6, 6.07) is -0.777. The third-order valence-corrected chi connectivity index (χ3v) is 1.94. The first-order valence-corrected chi connectivity index (χ1v) is 5.60. The van der Waals surface area contributed by atoms with Gasteiger partial charge in [0.05, 0.1) is 0 Å². The molecule has 0 radical (unpaired) electrons. The van der Waals surface area contributed by atoms with Crippen molar-refractivity contribution in [3.8, 4) is 0 Å². The molecule has 6 nitrogen and oxygen atoms in total. The molecule has 0 heterocycles. The van der Waals surface area contributed by atoms with Gasteiger partial charge in [-0.1, -0.05) is 6.42 Å². The highest BCUT2D eigenvalue weighted by Gasteiger charge is 2.18. The van der Waals surface area contributed by atoms with Crippen molar-refractivity contribution in [3.63, 3.8) is 0 Å². The van der Waals surface area contributed by atoms with E-state index in [1.807, 2.05) is 0 Å². The molecule has 1 atom stereocenters. The molecular weight excluding hydrogens is 192 g/mol. The van der Waals surface area contributed by atoms with Crippen molar-refractivity contribution >= 4 is 15.5 Å². The van der Waals surface area contributed by atoms with Crippen molar-refractivity contribution in [3.05, 3.63) is 0 Å². The number of carbonyl (C=O) groups excluding carboxylic acids is 1. The molecule has 0 aromatic rings. The first-order chi connectivity index (χ1) is 6.07. The average molecular weight is 208 g/mol. The molecule has 0 aliphatic carbocycles. The Labute approximate surface area is 78.5 Å². The van der Waals surface area contributed by atoms with Crippen LogP contribution >= 0.6 is 0 Å². The molecule has 6 N–H and O–H groups in total. The minimum absolute atomic E-state index is 0.456. The van der Waals surface area contributed by atoms with E-state index in [-0.39, 0.29) is 0 Å². The highest BCUT2D eigenvalue weighted by Crippen LogP contribution is 1.99. The summed E-state index contributed by atoms with van der Waals surface area (Å²) in [6.45, 7) is 0.555. The Morgan fingerprint density at radius 3 is 2.54 bits per heavy atom. The number of unbranched alkanes of at least 4 members (excludes halogenated alkanes) is 1. The molecule has 0 aromatic carbocycles. The van der Waals surface area contributed by atoms with Crippen LogP contribution < -0.4 is 11.5 Å². The van der Waals surface area contributed by atoms with Gasteiger partial charge >= 0.3 is 15.5 Å². The highest BCUT2D eigenvalue weighted by atomic mass is 28.3. The Morgan fingerprint density at radius 1 is 1.46 bits per heavy atom. The van der Waals surface area contributed by atoms with Gasteiger partial charge in [0.1, 0.15) is 6.04 Å². The van der Waals surface area contributed by atoms with Gasteiger partial charge in [-0.15, -0.1) is 0 Å². The van der Waals surface area contributed by atoms with Crippen molar-refractivity contribution in [1.29, 1.82) is 0 Å². The third kappa shape index (κ3) is 6.67. The summed E-state index contributed by atoms with van der Waals surface area (Å²) in [5.74, 6) is -0.751. The molecule has 1 unspecified atom stereocenters. The van der Waals surface area contributed by atoms with E-state index in [1.54, 1.807) is 0 Å². The van der Waals surface area contributed by atoms with Crippen molar-refractivity contribution in [2.75, 3.05) is 6.54 Å². The van der Waals surface area contributed by atoms with Crippen LogP contribution in [-0.2, 0) is 9.22 Å². The van der Waals surface area contributed by atoms with Crippen LogP contribution in [0.25, 0.3) is 0 Å². The van der Waals surface area contributed by atoms with E-state index in [1.165, 1.54) is 0 Å². The fourth-order valence-corrected chi connectivity index (χ4v) is 1.20. The van der Waals surface area contributed by atoms with Crippen molar-refractivity contribution < 1.29 is 18.8 Å².